The maximum atomic E-state index is 12.5. The average Bonchev–Trinajstić information content (AvgIpc) is 3.02. The maximum Gasteiger partial charge on any atom is 0.249 e. The summed E-state index contributed by atoms with van der Waals surface area (Å²) in [6.45, 7) is 3.56. The molecule has 25 heavy (non-hydrogen) atoms. The second-order valence-corrected chi connectivity index (χ2v) is 9.21. The van der Waals surface area contributed by atoms with Gasteiger partial charge in [-0.25, -0.2) is 8.42 Å². The zero-order chi connectivity index (χ0) is 18.6. The number of aromatic nitrogens is 2. The first-order valence-corrected chi connectivity index (χ1v) is 11.4. The van der Waals surface area contributed by atoms with E-state index in [1.807, 2.05) is 25.3 Å². The molecule has 0 aliphatic heterocycles. The first-order valence-electron chi connectivity index (χ1n) is 7.53. The van der Waals surface area contributed by atoms with Crippen LogP contribution in [0.25, 0.3) is 0 Å². The van der Waals surface area contributed by atoms with E-state index in [-0.39, 0.29) is 0 Å². The Morgan fingerprint density at radius 2 is 1.96 bits per heavy atom. The Balaban J connectivity index is 2.25. The number of anilines is 2. The van der Waals surface area contributed by atoms with Gasteiger partial charge in [0.15, 0.2) is 4.34 Å². The molecule has 0 aliphatic carbocycles. The quantitative estimate of drug-likeness (QED) is 0.567. The number of amides is 1. The molecule has 0 bridgehead atoms. The van der Waals surface area contributed by atoms with E-state index < -0.39 is 22.0 Å². The third-order valence-corrected chi connectivity index (χ3v) is 6.55. The fourth-order valence-corrected chi connectivity index (χ4v) is 4.59. The molecule has 7 nitrogen and oxygen atoms in total. The molecule has 1 amide bonds. The van der Waals surface area contributed by atoms with Gasteiger partial charge in [-0.05, 0) is 37.3 Å². The van der Waals surface area contributed by atoms with Crippen LogP contribution < -0.4 is 9.62 Å². The second-order valence-electron chi connectivity index (χ2n) is 5.32. The van der Waals surface area contributed by atoms with Crippen molar-refractivity contribution < 1.29 is 13.2 Å². The van der Waals surface area contributed by atoms with Crippen molar-refractivity contribution in [2.45, 2.75) is 30.6 Å². The third kappa shape index (κ3) is 4.93. The van der Waals surface area contributed by atoms with Gasteiger partial charge in [0.05, 0.1) is 11.9 Å². The summed E-state index contributed by atoms with van der Waals surface area (Å²) < 4.78 is 26.3. The summed E-state index contributed by atoms with van der Waals surface area (Å²) in [5.74, 6) is -0.464. The fourth-order valence-electron chi connectivity index (χ4n) is 2.24. The lowest BCUT2D eigenvalue weighted by molar-refractivity contribution is -0.116. The molecule has 1 N–H and O–H groups in total. The summed E-state index contributed by atoms with van der Waals surface area (Å²) in [6.07, 6.45) is 3.80. The minimum atomic E-state index is -3.64. The fraction of sp³-hybridized carbons (Fsp3) is 0.400. The molecule has 1 aromatic heterocycles. The van der Waals surface area contributed by atoms with Gasteiger partial charge in [0.1, 0.15) is 6.04 Å². The standard InChI is InChI=1S/C15H20N4O3S3/c1-5-11-6-8-12(9-7-11)19(25(4,21)22)10(2)13(20)16-14-17-18-15(23-3)24-14/h6-10H,5H2,1-4H3,(H,16,17,20)/t10-/m0/s1. The number of benzene rings is 1. The van der Waals surface area contributed by atoms with Crippen molar-refractivity contribution in [3.05, 3.63) is 29.8 Å². The van der Waals surface area contributed by atoms with Crippen LogP contribution in [0.1, 0.15) is 19.4 Å². The number of sulfonamides is 1. The second kappa shape index (κ2) is 8.15. The number of carbonyl (C=O) groups excluding carboxylic acids is 1. The van der Waals surface area contributed by atoms with Crippen molar-refractivity contribution in [2.75, 3.05) is 22.1 Å². The lowest BCUT2D eigenvalue weighted by atomic mass is 10.1. The molecule has 1 heterocycles. The van der Waals surface area contributed by atoms with E-state index in [4.69, 9.17) is 0 Å². The molecule has 0 fully saturated rings. The summed E-state index contributed by atoms with van der Waals surface area (Å²) in [5, 5.41) is 10.7. The number of nitrogens with zero attached hydrogens (tertiary/aromatic N) is 3. The molecule has 0 saturated carbocycles. The number of aryl methyl sites for hydroxylation is 1. The van der Waals surface area contributed by atoms with Crippen molar-refractivity contribution in [1.29, 1.82) is 0 Å². The highest BCUT2D eigenvalue weighted by atomic mass is 32.2. The van der Waals surface area contributed by atoms with Crippen LogP contribution in [0.3, 0.4) is 0 Å². The van der Waals surface area contributed by atoms with Crippen LogP contribution in [0.2, 0.25) is 0 Å². The van der Waals surface area contributed by atoms with Gasteiger partial charge in [-0.2, -0.15) is 0 Å². The normalized spacial score (nSPS) is 12.6. The maximum absolute atomic E-state index is 12.5. The van der Waals surface area contributed by atoms with Crippen molar-refractivity contribution in [3.63, 3.8) is 0 Å². The first kappa shape index (κ1) is 19.7. The summed E-state index contributed by atoms with van der Waals surface area (Å²) in [6, 6.07) is 6.20. The van der Waals surface area contributed by atoms with E-state index in [9.17, 15) is 13.2 Å². The molecule has 0 radical (unpaired) electrons. The van der Waals surface area contributed by atoms with Crippen LogP contribution in [-0.2, 0) is 21.2 Å². The lowest BCUT2D eigenvalue weighted by Gasteiger charge is -2.28. The van der Waals surface area contributed by atoms with E-state index >= 15 is 0 Å². The molecule has 136 valence electrons. The first-order chi connectivity index (χ1) is 11.8. The molecule has 10 heteroatoms. The Bertz CT molecular complexity index is 834. The van der Waals surface area contributed by atoms with E-state index in [2.05, 4.69) is 15.5 Å². The lowest BCUT2D eigenvalue weighted by Crippen LogP contribution is -2.45. The molecular formula is C15H20N4O3S3. The Labute approximate surface area is 155 Å². The van der Waals surface area contributed by atoms with Gasteiger partial charge in [0.2, 0.25) is 21.1 Å². The third-order valence-electron chi connectivity index (χ3n) is 3.50. The highest BCUT2D eigenvalue weighted by Crippen LogP contribution is 2.25. The zero-order valence-corrected chi connectivity index (χ0v) is 16.8. The van der Waals surface area contributed by atoms with Crippen molar-refractivity contribution in [2.24, 2.45) is 0 Å². The van der Waals surface area contributed by atoms with Crippen LogP contribution in [0.15, 0.2) is 28.6 Å². The van der Waals surface area contributed by atoms with Gasteiger partial charge < -0.3 is 0 Å². The number of hydrogen-bond acceptors (Lipinski definition) is 7. The monoisotopic (exact) mass is 400 g/mol. The Kier molecular flexibility index (Phi) is 6.42. The number of rotatable bonds is 7. The summed E-state index contributed by atoms with van der Waals surface area (Å²) in [7, 11) is -3.64. The molecule has 0 spiro atoms. The van der Waals surface area contributed by atoms with E-state index in [0.717, 1.165) is 26.9 Å². The van der Waals surface area contributed by atoms with Gasteiger partial charge in [-0.3, -0.25) is 14.4 Å². The Morgan fingerprint density at radius 1 is 1.32 bits per heavy atom. The molecular weight excluding hydrogens is 380 g/mol. The highest BCUT2D eigenvalue weighted by molar-refractivity contribution is 8.00. The Morgan fingerprint density at radius 3 is 2.44 bits per heavy atom. The SMILES string of the molecule is CCc1ccc(N([C@@H](C)C(=O)Nc2nnc(SC)s2)S(C)(=O)=O)cc1. The van der Waals surface area contributed by atoms with Crippen LogP contribution in [0, 0.1) is 0 Å². The molecule has 1 atom stereocenters. The van der Waals surface area contributed by atoms with Crippen LogP contribution in [0.4, 0.5) is 10.8 Å². The van der Waals surface area contributed by atoms with Crippen molar-refractivity contribution >= 4 is 49.8 Å². The van der Waals surface area contributed by atoms with Gasteiger partial charge in [0, 0.05) is 0 Å². The van der Waals surface area contributed by atoms with Crippen LogP contribution >= 0.6 is 23.1 Å². The topological polar surface area (TPSA) is 92.3 Å². The number of carbonyl (C=O) groups is 1. The number of nitrogens with one attached hydrogen (secondary N) is 1. The summed E-state index contributed by atoms with van der Waals surface area (Å²) in [4.78, 5) is 12.5. The van der Waals surface area contributed by atoms with Crippen LogP contribution in [-0.4, -0.2) is 43.1 Å². The molecule has 1 aromatic carbocycles. The number of hydrogen-bond donors (Lipinski definition) is 1. The summed E-state index contributed by atoms with van der Waals surface area (Å²) >= 11 is 2.66. The van der Waals surface area contributed by atoms with E-state index in [1.165, 1.54) is 23.1 Å². The largest absolute Gasteiger partial charge is 0.299 e. The van der Waals surface area contributed by atoms with E-state index in [1.54, 1.807) is 19.1 Å². The van der Waals surface area contributed by atoms with Crippen LogP contribution in [0.5, 0.6) is 0 Å². The van der Waals surface area contributed by atoms with Gasteiger partial charge in [0.25, 0.3) is 0 Å². The smallest absolute Gasteiger partial charge is 0.249 e. The van der Waals surface area contributed by atoms with Crippen molar-refractivity contribution in [3.8, 4) is 0 Å². The summed E-state index contributed by atoms with van der Waals surface area (Å²) in [5.41, 5.74) is 1.54. The zero-order valence-electron chi connectivity index (χ0n) is 14.4. The predicted molar refractivity (Wildman–Crippen MR) is 103 cm³/mol. The van der Waals surface area contributed by atoms with Crippen molar-refractivity contribution in [1.82, 2.24) is 10.2 Å². The predicted octanol–water partition coefficient (Wildman–Crippen LogP) is 2.62. The minimum absolute atomic E-state index is 0.344. The minimum Gasteiger partial charge on any atom is -0.299 e. The molecule has 0 saturated heterocycles. The Hall–Kier alpha value is -1.65. The molecule has 0 unspecified atom stereocenters. The number of thioether (sulfide) groups is 1. The van der Waals surface area contributed by atoms with E-state index in [0.29, 0.717) is 10.8 Å². The molecule has 0 aliphatic rings. The van der Waals surface area contributed by atoms with Gasteiger partial charge in [-0.15, -0.1) is 10.2 Å². The molecule has 2 rings (SSSR count). The molecule has 2 aromatic rings. The van der Waals surface area contributed by atoms with Gasteiger partial charge in [-0.1, -0.05) is 42.2 Å². The van der Waals surface area contributed by atoms with Gasteiger partial charge >= 0.3 is 0 Å². The average molecular weight is 401 g/mol. The highest BCUT2D eigenvalue weighted by Gasteiger charge is 2.29.